The molecule has 9 nitrogen and oxygen atoms in total. The molecule has 4 atom stereocenters. The van der Waals surface area contributed by atoms with Crippen LogP contribution in [0.15, 0.2) is 27.9 Å². The number of aromatic amines is 1. The molecule has 3 heterocycles. The van der Waals surface area contributed by atoms with E-state index in [9.17, 15) is 31.7 Å². The Hall–Kier alpha value is -2.31. The Bertz CT molecular complexity index is 1130. The Kier molecular flexibility index (Phi) is 5.41. The van der Waals surface area contributed by atoms with E-state index in [1.54, 1.807) is 4.98 Å². The molecule has 1 N–H and O–H groups in total. The van der Waals surface area contributed by atoms with Gasteiger partial charge in [-0.25, -0.2) is 22.5 Å². The van der Waals surface area contributed by atoms with Gasteiger partial charge < -0.3 is 4.74 Å². The van der Waals surface area contributed by atoms with Gasteiger partial charge in [0.2, 0.25) is 5.82 Å². The molecule has 2 aliphatic rings. The van der Waals surface area contributed by atoms with E-state index in [2.05, 4.69) is 0 Å². The second kappa shape index (κ2) is 7.75. The van der Waals surface area contributed by atoms with Gasteiger partial charge in [0.25, 0.3) is 5.56 Å². The van der Waals surface area contributed by atoms with Gasteiger partial charge in [0, 0.05) is 18.6 Å². The number of nitrogens with one attached hydrogen (secondary N) is 1. The smallest absolute Gasteiger partial charge is 0.349 e. The molecule has 0 radical (unpaired) electrons. The number of fused-ring (bicyclic) bond motifs is 1. The number of halogens is 4. The van der Waals surface area contributed by atoms with Crippen LogP contribution in [-0.4, -0.2) is 28.4 Å². The lowest BCUT2D eigenvalue weighted by molar-refractivity contribution is -0.0733. The van der Waals surface area contributed by atoms with Crippen molar-refractivity contribution in [3.8, 4) is 0 Å². The van der Waals surface area contributed by atoms with Crippen LogP contribution in [0.5, 0.6) is 0 Å². The van der Waals surface area contributed by atoms with E-state index < -0.39 is 72.9 Å². The molecular formula is C16H13F4N2O7P. The fourth-order valence-corrected chi connectivity index (χ4v) is 4.46. The Balaban J connectivity index is 1.46. The quantitative estimate of drug-likeness (QED) is 0.559. The molecule has 1 aromatic carbocycles. The molecule has 2 aliphatic heterocycles. The molecule has 2 fully saturated rings. The molecule has 4 rings (SSSR count). The number of ether oxygens (including phenoxy) is 1. The van der Waals surface area contributed by atoms with Gasteiger partial charge in [0.05, 0.1) is 25.0 Å². The number of phosphoric acid groups is 1. The summed E-state index contributed by atoms with van der Waals surface area (Å²) >= 11 is 0. The van der Waals surface area contributed by atoms with Crippen LogP contribution < -0.4 is 11.2 Å². The van der Waals surface area contributed by atoms with E-state index in [0.29, 0.717) is 18.3 Å². The number of hydrogen-bond acceptors (Lipinski definition) is 7. The Morgan fingerprint density at radius 3 is 2.53 bits per heavy atom. The van der Waals surface area contributed by atoms with Gasteiger partial charge in [0.15, 0.2) is 0 Å². The molecule has 0 bridgehead atoms. The van der Waals surface area contributed by atoms with Gasteiger partial charge in [-0.2, -0.15) is 4.39 Å². The minimum absolute atomic E-state index is 0.0773. The van der Waals surface area contributed by atoms with E-state index in [4.69, 9.17) is 18.3 Å². The number of phosphoric ester groups is 1. The minimum atomic E-state index is -4.27. The van der Waals surface area contributed by atoms with Crippen LogP contribution in [0.25, 0.3) is 0 Å². The maximum atomic E-state index is 13.7. The van der Waals surface area contributed by atoms with Crippen LogP contribution in [0.3, 0.4) is 0 Å². The summed E-state index contributed by atoms with van der Waals surface area (Å²) in [6, 6.07) is 0.875. The number of aromatic nitrogens is 2. The summed E-state index contributed by atoms with van der Waals surface area (Å²) in [7, 11) is -4.27. The largest absolute Gasteiger partial charge is 0.475 e. The van der Waals surface area contributed by atoms with Gasteiger partial charge in [-0.05, 0) is 0 Å². The summed E-state index contributed by atoms with van der Waals surface area (Å²) in [5.41, 5.74) is -2.78. The lowest BCUT2D eigenvalue weighted by Crippen LogP contribution is -2.34. The molecule has 14 heteroatoms. The number of benzene rings is 1. The van der Waals surface area contributed by atoms with E-state index >= 15 is 0 Å². The monoisotopic (exact) mass is 452 g/mol. The number of rotatable bonds is 4. The third-order valence-electron chi connectivity index (χ3n) is 4.55. The third kappa shape index (κ3) is 3.98. The normalized spacial score (nSPS) is 28.5. The maximum Gasteiger partial charge on any atom is 0.475 e. The highest BCUT2D eigenvalue weighted by Gasteiger charge is 2.48. The highest BCUT2D eigenvalue weighted by atomic mass is 31.2. The molecule has 2 aromatic rings. The highest BCUT2D eigenvalue weighted by molar-refractivity contribution is 7.48. The van der Waals surface area contributed by atoms with Gasteiger partial charge in [-0.1, -0.05) is 0 Å². The average Bonchev–Trinajstić information content (AvgIpc) is 3.06. The number of H-pyrrole nitrogens is 1. The van der Waals surface area contributed by atoms with Crippen LogP contribution in [-0.2, 0) is 29.5 Å². The Morgan fingerprint density at radius 1 is 1.13 bits per heavy atom. The summed E-state index contributed by atoms with van der Waals surface area (Å²) in [5.74, 6) is -4.81. The molecule has 0 unspecified atom stereocenters. The molecule has 1 aromatic heterocycles. The lowest BCUT2D eigenvalue weighted by Gasteiger charge is -2.29. The van der Waals surface area contributed by atoms with Crippen molar-refractivity contribution in [3.63, 3.8) is 0 Å². The first kappa shape index (κ1) is 20.9. The number of nitrogens with zero attached hydrogens (tertiary/aromatic N) is 1. The molecule has 30 heavy (non-hydrogen) atoms. The van der Waals surface area contributed by atoms with E-state index in [-0.39, 0.29) is 13.0 Å². The van der Waals surface area contributed by atoms with Gasteiger partial charge in [-0.15, -0.1) is 0 Å². The van der Waals surface area contributed by atoms with Crippen LogP contribution in [0.4, 0.5) is 17.6 Å². The van der Waals surface area contributed by atoms with Crippen LogP contribution >= 0.6 is 7.82 Å². The molecule has 162 valence electrons. The van der Waals surface area contributed by atoms with Crippen molar-refractivity contribution >= 4 is 7.82 Å². The Morgan fingerprint density at radius 2 is 1.83 bits per heavy atom. The van der Waals surface area contributed by atoms with Gasteiger partial charge >= 0.3 is 13.5 Å². The molecule has 0 saturated carbocycles. The highest BCUT2D eigenvalue weighted by Crippen LogP contribution is 2.57. The summed E-state index contributed by atoms with van der Waals surface area (Å²) in [5, 5.41) is 0. The first-order chi connectivity index (χ1) is 14.1. The molecule has 0 amide bonds. The third-order valence-corrected chi connectivity index (χ3v) is 5.99. The van der Waals surface area contributed by atoms with E-state index in [0.717, 1.165) is 4.57 Å². The maximum absolute atomic E-state index is 13.7. The van der Waals surface area contributed by atoms with E-state index in [1.165, 1.54) is 0 Å². The van der Waals surface area contributed by atoms with Crippen molar-refractivity contribution < 1.29 is 40.4 Å². The second-order valence-corrected chi connectivity index (χ2v) is 8.14. The predicted octanol–water partition coefficient (Wildman–Crippen LogP) is 2.12. The first-order valence-electron chi connectivity index (χ1n) is 8.52. The summed E-state index contributed by atoms with van der Waals surface area (Å²) in [6.07, 6.45) is -2.19. The minimum Gasteiger partial charge on any atom is -0.349 e. The van der Waals surface area contributed by atoms with Crippen molar-refractivity contribution in [2.45, 2.75) is 31.5 Å². The fourth-order valence-electron chi connectivity index (χ4n) is 3.09. The van der Waals surface area contributed by atoms with Gasteiger partial charge in [-0.3, -0.25) is 27.9 Å². The van der Waals surface area contributed by atoms with Crippen molar-refractivity contribution in [2.24, 2.45) is 0 Å². The molecule has 2 saturated heterocycles. The first-order valence-corrected chi connectivity index (χ1v) is 9.98. The van der Waals surface area contributed by atoms with Crippen molar-refractivity contribution in [1.29, 1.82) is 0 Å². The summed E-state index contributed by atoms with van der Waals surface area (Å²) in [4.78, 5) is 24.8. The van der Waals surface area contributed by atoms with Crippen molar-refractivity contribution in [3.05, 3.63) is 68.0 Å². The van der Waals surface area contributed by atoms with Crippen LogP contribution in [0.2, 0.25) is 0 Å². The molecule has 0 aliphatic carbocycles. The average molecular weight is 452 g/mol. The standard InChI is InChI=1S/C16H13F4N2O7P/c17-7-1-9(18)8(10(19)2-7)5-26-30(25)27-6-13-12(29-30)3-14(28-13)22-4-11(20)15(23)21-16(22)24/h1-2,4,12-14H,3,5-6H2,(H,21,23,24)/t12-,13+,14+,30+/m0/s1. The fraction of sp³-hybridized carbons (Fsp3) is 0.375. The van der Waals surface area contributed by atoms with E-state index in [1.807, 2.05) is 0 Å². The van der Waals surface area contributed by atoms with Crippen molar-refractivity contribution in [2.75, 3.05) is 6.61 Å². The molecule has 0 spiro atoms. The summed E-state index contributed by atoms with van der Waals surface area (Å²) in [6.45, 7) is -1.17. The van der Waals surface area contributed by atoms with Gasteiger partial charge in [0.1, 0.15) is 35.9 Å². The topological polar surface area (TPSA) is 109 Å². The zero-order chi connectivity index (χ0) is 21.6. The predicted molar refractivity (Wildman–Crippen MR) is 89.3 cm³/mol. The van der Waals surface area contributed by atoms with Crippen molar-refractivity contribution in [1.82, 2.24) is 9.55 Å². The SMILES string of the molecule is O=c1[nH]c(=O)n([C@H]2C[C@@H]3O[P@](=O)(OCc4c(F)cc(F)cc4F)OC[C@H]3O2)cc1F. The second-order valence-electron chi connectivity index (χ2n) is 6.52. The zero-order valence-electron chi connectivity index (χ0n) is 14.8. The van der Waals surface area contributed by atoms with Crippen LogP contribution in [0, 0.1) is 23.3 Å². The lowest BCUT2D eigenvalue weighted by atomic mass is 10.2. The Labute approximate surface area is 164 Å². The molecular weight excluding hydrogens is 439 g/mol. The number of hydrogen-bond donors (Lipinski definition) is 1. The van der Waals surface area contributed by atoms with Crippen LogP contribution in [0.1, 0.15) is 18.2 Å². The zero-order valence-corrected chi connectivity index (χ0v) is 15.7. The summed E-state index contributed by atoms with van der Waals surface area (Å²) < 4.78 is 88.0.